The Kier molecular flexibility index (Phi) is 7.38. The highest BCUT2D eigenvalue weighted by molar-refractivity contribution is 7.22. The predicted octanol–water partition coefficient (Wildman–Crippen LogP) is 5.27. The first kappa shape index (κ1) is 23.8. The highest BCUT2D eigenvalue weighted by Crippen LogP contribution is 2.38. The number of nitrogens with zero attached hydrogens (tertiary/aromatic N) is 4. The lowest BCUT2D eigenvalue weighted by Gasteiger charge is -2.38. The normalized spacial score (nSPS) is 21.0. The van der Waals surface area contributed by atoms with Crippen LogP contribution in [0.25, 0.3) is 10.2 Å². The molecule has 1 fully saturated rings. The van der Waals surface area contributed by atoms with Gasteiger partial charge in [-0.1, -0.05) is 51.0 Å². The number of fused-ring (bicyclic) bond motifs is 1. The van der Waals surface area contributed by atoms with Crippen LogP contribution in [0.15, 0.2) is 36.5 Å². The molecule has 0 spiro atoms. The molecule has 2 aromatic heterocycles. The number of benzene rings is 1. The van der Waals surface area contributed by atoms with Gasteiger partial charge in [-0.3, -0.25) is 4.65 Å². The Labute approximate surface area is 199 Å². The molecule has 0 bridgehead atoms. The van der Waals surface area contributed by atoms with Crippen molar-refractivity contribution in [1.29, 1.82) is 0 Å². The van der Waals surface area contributed by atoms with Crippen molar-refractivity contribution in [2.24, 2.45) is 0 Å². The summed E-state index contributed by atoms with van der Waals surface area (Å²) in [7, 11) is 0. The molecule has 1 aliphatic heterocycles. The average Bonchev–Trinajstić information content (AvgIpc) is 3.40. The Morgan fingerprint density at radius 3 is 2.73 bits per heavy atom. The molecule has 0 saturated carbocycles. The Bertz CT molecular complexity index is 1120. The third-order valence-electron chi connectivity index (χ3n) is 6.23. The molecule has 176 valence electrons. The first-order valence-corrected chi connectivity index (χ1v) is 12.7. The Balaban J connectivity index is 1.62. The number of thiazole rings is 1. The molecule has 0 amide bonds. The van der Waals surface area contributed by atoms with E-state index < -0.39 is 16.8 Å². The van der Waals surface area contributed by atoms with E-state index in [9.17, 15) is 10.0 Å². The smallest absolute Gasteiger partial charge is 0.361 e. The highest BCUT2D eigenvalue weighted by atomic mass is 32.1. The molecule has 33 heavy (non-hydrogen) atoms. The zero-order chi connectivity index (χ0) is 23.4. The van der Waals surface area contributed by atoms with Gasteiger partial charge in [-0.25, -0.2) is 14.7 Å². The molecule has 2 atom stereocenters. The maximum Gasteiger partial charge on any atom is 0.361 e. The zero-order valence-corrected chi connectivity index (χ0v) is 20.4. The number of carbonyl (C=O) groups excluding carboxylic acids is 1. The first-order valence-electron chi connectivity index (χ1n) is 11.8. The fraction of sp³-hybridized carbons (Fsp3) is 0.480. The van der Waals surface area contributed by atoms with E-state index in [0.29, 0.717) is 11.7 Å². The number of esters is 1. The van der Waals surface area contributed by atoms with Gasteiger partial charge in [-0.15, -0.1) is 0 Å². The topological polar surface area (TPSA) is 78.4 Å². The van der Waals surface area contributed by atoms with Crippen LogP contribution in [-0.4, -0.2) is 46.8 Å². The molecule has 0 aliphatic carbocycles. The molecule has 2 unspecified atom stereocenters. The van der Waals surface area contributed by atoms with Crippen molar-refractivity contribution < 1.29 is 9.53 Å². The van der Waals surface area contributed by atoms with Gasteiger partial charge < -0.3 is 9.94 Å². The molecular weight excluding hydrogens is 436 g/mol. The SMILES string of the molecule is CCCCCN1CC(OC(=O)c2cc(CC)ccn2)[N+]([O-])(c2nc3ccc(CC)cc3s2)C1. The van der Waals surface area contributed by atoms with Crippen LogP contribution in [-0.2, 0) is 17.6 Å². The van der Waals surface area contributed by atoms with Crippen LogP contribution in [0.3, 0.4) is 0 Å². The molecule has 1 saturated heterocycles. The van der Waals surface area contributed by atoms with Crippen LogP contribution in [0.1, 0.15) is 61.6 Å². The summed E-state index contributed by atoms with van der Waals surface area (Å²) in [6.45, 7) is 7.71. The van der Waals surface area contributed by atoms with E-state index >= 15 is 0 Å². The van der Waals surface area contributed by atoms with E-state index in [1.54, 1.807) is 12.3 Å². The van der Waals surface area contributed by atoms with E-state index in [1.165, 1.54) is 16.9 Å². The minimum absolute atomic E-state index is 0.227. The minimum atomic E-state index is -0.877. The molecule has 8 heteroatoms. The van der Waals surface area contributed by atoms with Gasteiger partial charge in [0.05, 0.1) is 16.8 Å². The second-order valence-corrected chi connectivity index (χ2v) is 9.65. The fourth-order valence-corrected chi connectivity index (χ4v) is 5.28. The van der Waals surface area contributed by atoms with E-state index in [2.05, 4.69) is 34.8 Å². The Morgan fingerprint density at radius 1 is 1.18 bits per heavy atom. The Morgan fingerprint density at radius 2 is 1.97 bits per heavy atom. The third kappa shape index (κ3) is 5.09. The van der Waals surface area contributed by atoms with Crippen molar-refractivity contribution in [3.05, 3.63) is 58.6 Å². The molecule has 0 N–H and O–H groups in total. The number of pyridine rings is 1. The van der Waals surface area contributed by atoms with Crippen LogP contribution in [0, 0.1) is 5.21 Å². The maximum atomic E-state index is 14.2. The molecule has 1 aliphatic rings. The van der Waals surface area contributed by atoms with Gasteiger partial charge >= 0.3 is 5.97 Å². The summed E-state index contributed by atoms with van der Waals surface area (Å²) in [5.41, 5.74) is 3.27. The van der Waals surface area contributed by atoms with Crippen molar-refractivity contribution in [3.63, 3.8) is 0 Å². The lowest BCUT2D eigenvalue weighted by atomic mass is 10.2. The number of rotatable bonds is 9. The number of quaternary nitrogens is 1. The fourth-order valence-electron chi connectivity index (χ4n) is 4.18. The number of hydrogen-bond acceptors (Lipinski definition) is 7. The number of aromatic nitrogens is 2. The molecular formula is C25H32N4O3S. The van der Waals surface area contributed by atoms with Crippen molar-refractivity contribution in [2.75, 3.05) is 19.8 Å². The second kappa shape index (κ2) is 10.3. The number of ether oxygens (including phenoxy) is 1. The highest BCUT2D eigenvalue weighted by Gasteiger charge is 2.46. The summed E-state index contributed by atoms with van der Waals surface area (Å²) in [4.78, 5) is 23.9. The summed E-state index contributed by atoms with van der Waals surface area (Å²) < 4.78 is 6.05. The van der Waals surface area contributed by atoms with Gasteiger partial charge in [0.15, 0.2) is 0 Å². The van der Waals surface area contributed by atoms with E-state index in [4.69, 9.17) is 4.74 Å². The number of hydrogen-bond donors (Lipinski definition) is 0. The number of unbranched alkanes of at least 4 members (excludes halogenated alkanes) is 2. The lowest BCUT2D eigenvalue weighted by Crippen LogP contribution is -2.50. The molecule has 7 nitrogen and oxygen atoms in total. The van der Waals surface area contributed by atoms with Gasteiger partial charge in [-0.05, 0) is 54.7 Å². The van der Waals surface area contributed by atoms with Gasteiger partial charge in [0.2, 0.25) is 0 Å². The van der Waals surface area contributed by atoms with E-state index in [1.807, 2.05) is 25.1 Å². The van der Waals surface area contributed by atoms with Gasteiger partial charge in [-0.2, -0.15) is 4.98 Å². The van der Waals surface area contributed by atoms with E-state index in [-0.39, 0.29) is 12.4 Å². The summed E-state index contributed by atoms with van der Waals surface area (Å²) in [6.07, 6.45) is 5.68. The number of hydroxylamine groups is 2. The lowest BCUT2D eigenvalue weighted by molar-refractivity contribution is 0.00501. The van der Waals surface area contributed by atoms with Crippen molar-refractivity contribution in [1.82, 2.24) is 19.5 Å². The minimum Gasteiger partial charge on any atom is -0.622 e. The van der Waals surface area contributed by atoms with Crippen molar-refractivity contribution in [2.45, 2.75) is 59.1 Å². The Hall–Kier alpha value is -2.39. The average molecular weight is 469 g/mol. The predicted molar refractivity (Wildman–Crippen MR) is 133 cm³/mol. The quantitative estimate of drug-likeness (QED) is 0.184. The van der Waals surface area contributed by atoms with Crippen LogP contribution in [0.2, 0.25) is 0 Å². The van der Waals surface area contributed by atoms with E-state index in [0.717, 1.165) is 54.4 Å². The molecule has 4 rings (SSSR count). The van der Waals surface area contributed by atoms with Crippen LogP contribution < -0.4 is 4.65 Å². The second-order valence-electron chi connectivity index (χ2n) is 8.64. The maximum absolute atomic E-state index is 14.2. The monoisotopic (exact) mass is 468 g/mol. The third-order valence-corrected chi connectivity index (χ3v) is 7.36. The van der Waals surface area contributed by atoms with Crippen molar-refractivity contribution >= 4 is 32.7 Å². The molecule has 3 aromatic rings. The first-order chi connectivity index (χ1) is 16.0. The summed E-state index contributed by atoms with van der Waals surface area (Å²) in [5, 5.41) is 14.7. The van der Waals surface area contributed by atoms with Crippen molar-refractivity contribution in [3.8, 4) is 0 Å². The van der Waals surface area contributed by atoms with Gasteiger partial charge in [0.1, 0.15) is 12.4 Å². The zero-order valence-electron chi connectivity index (χ0n) is 19.6. The largest absolute Gasteiger partial charge is 0.622 e. The molecule has 3 heterocycles. The molecule has 0 radical (unpaired) electrons. The summed E-state index contributed by atoms with van der Waals surface area (Å²) in [5.74, 6) is -0.557. The van der Waals surface area contributed by atoms with Crippen LogP contribution in [0.5, 0.6) is 0 Å². The van der Waals surface area contributed by atoms with Gasteiger partial charge in [0.25, 0.3) is 11.4 Å². The van der Waals surface area contributed by atoms with Gasteiger partial charge in [0, 0.05) is 12.7 Å². The number of aryl methyl sites for hydroxylation is 2. The summed E-state index contributed by atoms with van der Waals surface area (Å²) >= 11 is 1.40. The number of carbonyl (C=O) groups is 1. The van der Waals surface area contributed by atoms with Crippen LogP contribution >= 0.6 is 11.3 Å². The summed E-state index contributed by atoms with van der Waals surface area (Å²) in [6, 6.07) is 9.72. The van der Waals surface area contributed by atoms with Crippen LogP contribution in [0.4, 0.5) is 5.13 Å². The molecule has 1 aromatic carbocycles. The standard InChI is InChI=1S/C25H32N4O3S/c1-4-7-8-13-28-16-23(32-24(30)21-14-19(6-3)11-12-26-21)29(31,17-28)25-27-20-10-9-18(5-2)15-22(20)33-25/h9-12,14-15,23H,4-8,13,16-17H2,1-3H3.